The number of hydrogen-bond donors (Lipinski definition) is 0. The fraction of sp³-hybridized carbons (Fsp3) is 0.0909. The topological polar surface area (TPSA) is 82.3 Å². The van der Waals surface area contributed by atoms with Gasteiger partial charge in [0.25, 0.3) is 5.69 Å². The van der Waals surface area contributed by atoms with Gasteiger partial charge in [0.2, 0.25) is 0 Å². The highest BCUT2D eigenvalue weighted by Crippen LogP contribution is 2.24. The van der Waals surface area contributed by atoms with Crippen LogP contribution in [-0.4, -0.2) is 23.0 Å². The summed E-state index contributed by atoms with van der Waals surface area (Å²) in [4.78, 5) is 25.6. The minimum atomic E-state index is -0.571. The van der Waals surface area contributed by atoms with E-state index < -0.39 is 10.9 Å². The summed E-state index contributed by atoms with van der Waals surface area (Å²) in [5.74, 6) is -0.571. The van der Waals surface area contributed by atoms with Crippen molar-refractivity contribution in [3.05, 3.63) is 46.1 Å². The number of carbonyl (C=O) groups is 1. The second-order valence-corrected chi connectivity index (χ2v) is 3.29. The Labute approximate surface area is 96.0 Å². The van der Waals surface area contributed by atoms with Gasteiger partial charge in [0.15, 0.2) is 0 Å². The number of pyridine rings is 1. The standard InChI is InChI=1S/C11H8N2O4/c1-17-11(14)9-6-5-7-8(12-9)3-2-4-10(7)13(15)16/h2-6H,1H3. The Morgan fingerprint density at radius 2 is 2.12 bits per heavy atom. The molecule has 0 aliphatic rings. The smallest absolute Gasteiger partial charge is 0.356 e. The van der Waals surface area contributed by atoms with E-state index in [1.165, 1.54) is 31.4 Å². The molecule has 0 N–H and O–H groups in total. The number of rotatable bonds is 2. The Morgan fingerprint density at radius 1 is 1.35 bits per heavy atom. The average molecular weight is 232 g/mol. The lowest BCUT2D eigenvalue weighted by atomic mass is 10.1. The van der Waals surface area contributed by atoms with Crippen LogP contribution in [0, 0.1) is 10.1 Å². The molecule has 1 heterocycles. The lowest BCUT2D eigenvalue weighted by Gasteiger charge is -2.01. The Kier molecular flexibility index (Phi) is 2.70. The molecule has 0 spiro atoms. The number of nitrogens with zero attached hydrogens (tertiary/aromatic N) is 2. The van der Waals surface area contributed by atoms with Crippen LogP contribution in [0.3, 0.4) is 0 Å². The van der Waals surface area contributed by atoms with Crippen LogP contribution in [0.4, 0.5) is 5.69 Å². The number of non-ortho nitro benzene ring substituents is 1. The van der Waals surface area contributed by atoms with Crippen molar-refractivity contribution >= 4 is 22.6 Å². The van der Waals surface area contributed by atoms with Crippen molar-refractivity contribution in [3.8, 4) is 0 Å². The minimum absolute atomic E-state index is 0.0357. The van der Waals surface area contributed by atoms with E-state index in [0.717, 1.165) is 0 Å². The Morgan fingerprint density at radius 3 is 2.76 bits per heavy atom. The second-order valence-electron chi connectivity index (χ2n) is 3.29. The van der Waals surface area contributed by atoms with Crippen LogP contribution in [0.15, 0.2) is 30.3 Å². The van der Waals surface area contributed by atoms with Gasteiger partial charge in [-0.1, -0.05) is 6.07 Å². The third-order valence-electron chi connectivity index (χ3n) is 2.30. The van der Waals surface area contributed by atoms with E-state index in [4.69, 9.17) is 0 Å². The Hall–Kier alpha value is -2.50. The molecule has 0 saturated heterocycles. The van der Waals surface area contributed by atoms with Crippen LogP contribution in [0.1, 0.15) is 10.5 Å². The van der Waals surface area contributed by atoms with Gasteiger partial charge in [-0.15, -0.1) is 0 Å². The molecule has 6 nitrogen and oxygen atoms in total. The maximum Gasteiger partial charge on any atom is 0.356 e. The molecule has 0 radical (unpaired) electrons. The van der Waals surface area contributed by atoms with Crippen molar-refractivity contribution < 1.29 is 14.5 Å². The third-order valence-corrected chi connectivity index (χ3v) is 2.30. The first-order valence-corrected chi connectivity index (χ1v) is 4.76. The molecule has 86 valence electrons. The molecule has 6 heteroatoms. The molecule has 2 aromatic rings. The van der Waals surface area contributed by atoms with Gasteiger partial charge in [-0.3, -0.25) is 10.1 Å². The molecule has 0 unspecified atom stereocenters. The first-order valence-electron chi connectivity index (χ1n) is 4.76. The Balaban J connectivity index is 2.65. The second kappa shape index (κ2) is 4.17. The predicted molar refractivity (Wildman–Crippen MR) is 59.7 cm³/mol. The number of methoxy groups -OCH3 is 1. The zero-order chi connectivity index (χ0) is 12.4. The number of nitro benzene ring substituents is 1. The molecule has 0 amide bonds. The lowest BCUT2D eigenvalue weighted by molar-refractivity contribution is -0.383. The number of hydrogen-bond acceptors (Lipinski definition) is 5. The molecule has 0 aliphatic heterocycles. The highest BCUT2D eigenvalue weighted by Gasteiger charge is 2.14. The maximum atomic E-state index is 11.3. The fourth-order valence-electron chi connectivity index (χ4n) is 1.52. The molecule has 2 rings (SSSR count). The maximum absolute atomic E-state index is 11.3. The first kappa shape index (κ1) is 11.0. The van der Waals surface area contributed by atoms with Crippen LogP contribution < -0.4 is 0 Å². The van der Waals surface area contributed by atoms with Gasteiger partial charge in [-0.05, 0) is 18.2 Å². The molecule has 0 atom stereocenters. The number of benzene rings is 1. The van der Waals surface area contributed by atoms with E-state index in [0.29, 0.717) is 10.9 Å². The molecular formula is C11H8N2O4. The number of nitro groups is 1. The minimum Gasteiger partial charge on any atom is -0.464 e. The fourth-order valence-corrected chi connectivity index (χ4v) is 1.52. The number of esters is 1. The summed E-state index contributed by atoms with van der Waals surface area (Å²) in [7, 11) is 1.25. The quantitative estimate of drug-likeness (QED) is 0.448. The van der Waals surface area contributed by atoms with Crippen molar-refractivity contribution in [1.29, 1.82) is 0 Å². The molecule has 17 heavy (non-hydrogen) atoms. The van der Waals surface area contributed by atoms with Gasteiger partial charge >= 0.3 is 5.97 Å². The number of carbonyl (C=O) groups excluding carboxylic acids is 1. The lowest BCUT2D eigenvalue weighted by Crippen LogP contribution is -2.04. The number of fused-ring (bicyclic) bond motifs is 1. The van der Waals surface area contributed by atoms with E-state index in [1.54, 1.807) is 6.07 Å². The van der Waals surface area contributed by atoms with Crippen molar-refractivity contribution in [2.75, 3.05) is 7.11 Å². The molecule has 0 saturated carbocycles. The van der Waals surface area contributed by atoms with Crippen LogP contribution >= 0.6 is 0 Å². The van der Waals surface area contributed by atoms with Crippen molar-refractivity contribution in [2.24, 2.45) is 0 Å². The highest BCUT2D eigenvalue weighted by atomic mass is 16.6. The molecule has 0 aliphatic carbocycles. The third kappa shape index (κ3) is 1.92. The first-order chi connectivity index (χ1) is 8.13. The summed E-state index contributed by atoms with van der Waals surface area (Å²) < 4.78 is 4.53. The summed E-state index contributed by atoms with van der Waals surface area (Å²) in [6.45, 7) is 0. The average Bonchev–Trinajstić information content (AvgIpc) is 2.36. The van der Waals surface area contributed by atoms with Crippen molar-refractivity contribution in [1.82, 2.24) is 4.98 Å². The van der Waals surface area contributed by atoms with Crippen LogP contribution in [-0.2, 0) is 4.74 Å². The van der Waals surface area contributed by atoms with Gasteiger partial charge in [0.05, 0.1) is 22.9 Å². The number of aromatic nitrogens is 1. The molecular weight excluding hydrogens is 224 g/mol. The summed E-state index contributed by atoms with van der Waals surface area (Å²) in [5, 5.41) is 11.2. The van der Waals surface area contributed by atoms with E-state index >= 15 is 0 Å². The van der Waals surface area contributed by atoms with E-state index in [-0.39, 0.29) is 11.4 Å². The van der Waals surface area contributed by atoms with Crippen LogP contribution in [0.25, 0.3) is 10.9 Å². The molecule has 1 aromatic heterocycles. The summed E-state index contributed by atoms with van der Waals surface area (Å²) in [5.41, 5.74) is 0.481. The van der Waals surface area contributed by atoms with Crippen LogP contribution in [0.2, 0.25) is 0 Å². The normalized spacial score (nSPS) is 10.2. The van der Waals surface area contributed by atoms with Gasteiger partial charge in [0, 0.05) is 6.07 Å². The van der Waals surface area contributed by atoms with E-state index in [1.807, 2.05) is 0 Å². The van der Waals surface area contributed by atoms with Gasteiger partial charge in [-0.25, -0.2) is 9.78 Å². The van der Waals surface area contributed by atoms with Crippen molar-refractivity contribution in [3.63, 3.8) is 0 Å². The van der Waals surface area contributed by atoms with E-state index in [2.05, 4.69) is 9.72 Å². The van der Waals surface area contributed by atoms with Gasteiger partial charge in [-0.2, -0.15) is 0 Å². The summed E-state index contributed by atoms with van der Waals surface area (Å²) in [6, 6.07) is 7.42. The zero-order valence-corrected chi connectivity index (χ0v) is 8.91. The number of ether oxygens (including phenoxy) is 1. The Bertz CT molecular complexity index is 609. The SMILES string of the molecule is COC(=O)c1ccc2c([N+](=O)[O-])cccc2n1. The molecule has 0 fully saturated rings. The van der Waals surface area contributed by atoms with Gasteiger partial charge in [0.1, 0.15) is 5.69 Å². The summed E-state index contributed by atoms with van der Waals surface area (Å²) >= 11 is 0. The zero-order valence-electron chi connectivity index (χ0n) is 8.91. The highest BCUT2D eigenvalue weighted by molar-refractivity contribution is 5.93. The van der Waals surface area contributed by atoms with Crippen LogP contribution in [0.5, 0.6) is 0 Å². The van der Waals surface area contributed by atoms with Crippen molar-refractivity contribution in [2.45, 2.75) is 0 Å². The monoisotopic (exact) mass is 232 g/mol. The molecule has 1 aromatic carbocycles. The predicted octanol–water partition coefficient (Wildman–Crippen LogP) is 1.93. The van der Waals surface area contributed by atoms with E-state index in [9.17, 15) is 14.9 Å². The summed E-state index contributed by atoms with van der Waals surface area (Å²) in [6.07, 6.45) is 0. The molecule has 0 bridgehead atoms. The largest absolute Gasteiger partial charge is 0.464 e. The van der Waals surface area contributed by atoms with Gasteiger partial charge < -0.3 is 4.74 Å².